The fourth-order valence-electron chi connectivity index (χ4n) is 4.57. The molecule has 0 fully saturated rings. The van der Waals surface area contributed by atoms with Gasteiger partial charge in [0.05, 0.1) is 29.3 Å². The standard InChI is InChI=1S/C27H22ClFN4O4/c1-15-4-6-16(7-5-15)22-14-20(30-33(22)27(37)19(29)13-23(34)35)25-24(17-8-10-18(28)11-9-17)21-3-2-12-32(21)31-26(25)36/h2-12,19,22H,13-14H2,1H3,(H,31,36)(H,34,35)/t19?,22-/m0/s1. The van der Waals surface area contributed by atoms with Crippen molar-refractivity contribution in [2.75, 3.05) is 0 Å². The predicted molar refractivity (Wildman–Crippen MR) is 138 cm³/mol. The number of aromatic nitrogens is 2. The highest BCUT2D eigenvalue weighted by molar-refractivity contribution is 6.30. The highest BCUT2D eigenvalue weighted by Crippen LogP contribution is 2.37. The van der Waals surface area contributed by atoms with E-state index in [-0.39, 0.29) is 17.7 Å². The number of hydrazone groups is 1. The zero-order chi connectivity index (χ0) is 26.3. The molecule has 8 nitrogen and oxygen atoms in total. The number of carboxylic acids is 1. The first-order valence-corrected chi connectivity index (χ1v) is 11.9. The molecule has 1 unspecified atom stereocenters. The Morgan fingerprint density at radius 3 is 2.51 bits per heavy atom. The van der Waals surface area contributed by atoms with Gasteiger partial charge in [0.1, 0.15) is 0 Å². The van der Waals surface area contributed by atoms with E-state index < -0.39 is 36.1 Å². The van der Waals surface area contributed by atoms with Gasteiger partial charge < -0.3 is 5.11 Å². The first-order chi connectivity index (χ1) is 17.7. The zero-order valence-corrected chi connectivity index (χ0v) is 20.4. The van der Waals surface area contributed by atoms with Gasteiger partial charge in [-0.15, -0.1) is 0 Å². The average Bonchev–Trinajstić information content (AvgIpc) is 3.50. The number of hydrogen-bond donors (Lipinski definition) is 2. The Kier molecular flexibility index (Phi) is 6.39. The second kappa shape index (κ2) is 9.67. The number of H-pyrrole nitrogens is 1. The third kappa shape index (κ3) is 4.65. The number of carbonyl (C=O) groups is 2. The molecule has 5 rings (SSSR count). The maximum Gasteiger partial charge on any atom is 0.306 e. The zero-order valence-electron chi connectivity index (χ0n) is 19.7. The SMILES string of the molecule is Cc1ccc([C@@H]2CC(c3c(-c4ccc(Cl)cc4)c4cccn4[nH]c3=O)=NN2C(=O)C(F)CC(=O)O)cc1. The third-order valence-corrected chi connectivity index (χ3v) is 6.60. The number of alkyl halides is 1. The summed E-state index contributed by atoms with van der Waals surface area (Å²) in [5, 5.41) is 17.7. The second-order valence-corrected chi connectivity index (χ2v) is 9.32. The molecule has 4 aromatic rings. The number of aliphatic carboxylic acids is 1. The van der Waals surface area contributed by atoms with Crippen molar-refractivity contribution in [1.29, 1.82) is 0 Å². The number of rotatable bonds is 6. The largest absolute Gasteiger partial charge is 0.481 e. The molecule has 2 N–H and O–H groups in total. The molecule has 0 saturated carbocycles. The first-order valence-electron chi connectivity index (χ1n) is 11.6. The Morgan fingerprint density at radius 1 is 1.14 bits per heavy atom. The average molecular weight is 521 g/mol. The van der Waals surface area contributed by atoms with Crippen LogP contribution >= 0.6 is 11.6 Å². The summed E-state index contributed by atoms with van der Waals surface area (Å²) in [7, 11) is 0. The molecule has 2 atom stereocenters. The molecular formula is C27H22ClFN4O4. The van der Waals surface area contributed by atoms with Crippen LogP contribution in [-0.4, -0.2) is 43.5 Å². The molecule has 1 aliphatic rings. The van der Waals surface area contributed by atoms with Gasteiger partial charge in [-0.1, -0.05) is 53.6 Å². The van der Waals surface area contributed by atoms with Gasteiger partial charge in [0.25, 0.3) is 11.5 Å². The summed E-state index contributed by atoms with van der Waals surface area (Å²) in [6, 6.07) is 17.2. The molecule has 3 heterocycles. The molecule has 0 saturated heterocycles. The van der Waals surface area contributed by atoms with Gasteiger partial charge in [-0.2, -0.15) is 5.10 Å². The van der Waals surface area contributed by atoms with Gasteiger partial charge in [-0.3, -0.25) is 24.0 Å². The number of aromatic amines is 1. The van der Waals surface area contributed by atoms with Gasteiger partial charge in [0.15, 0.2) is 6.17 Å². The highest BCUT2D eigenvalue weighted by Gasteiger charge is 2.38. The van der Waals surface area contributed by atoms with E-state index in [2.05, 4.69) is 10.2 Å². The minimum atomic E-state index is -2.28. The van der Waals surface area contributed by atoms with Crippen LogP contribution in [-0.2, 0) is 9.59 Å². The van der Waals surface area contributed by atoms with Crippen LogP contribution in [0.3, 0.4) is 0 Å². The molecule has 1 aliphatic heterocycles. The smallest absolute Gasteiger partial charge is 0.306 e. The van der Waals surface area contributed by atoms with Crippen molar-refractivity contribution in [1.82, 2.24) is 14.6 Å². The van der Waals surface area contributed by atoms with Crippen molar-refractivity contribution in [3.8, 4) is 11.1 Å². The van der Waals surface area contributed by atoms with Crippen molar-refractivity contribution in [2.45, 2.75) is 32.0 Å². The molecular weight excluding hydrogens is 499 g/mol. The van der Waals surface area contributed by atoms with Crippen molar-refractivity contribution < 1.29 is 19.1 Å². The normalized spacial score (nSPS) is 16.1. The molecule has 10 heteroatoms. The Hall–Kier alpha value is -4.24. The monoisotopic (exact) mass is 520 g/mol. The summed E-state index contributed by atoms with van der Waals surface area (Å²) >= 11 is 6.09. The van der Waals surface area contributed by atoms with Crippen LogP contribution < -0.4 is 5.56 Å². The van der Waals surface area contributed by atoms with Crippen LogP contribution in [0.1, 0.15) is 35.6 Å². The molecule has 188 valence electrons. The van der Waals surface area contributed by atoms with E-state index in [1.165, 1.54) is 0 Å². The molecule has 0 aliphatic carbocycles. The minimum absolute atomic E-state index is 0.134. The Labute approximate surface area is 215 Å². The van der Waals surface area contributed by atoms with E-state index in [1.54, 1.807) is 41.0 Å². The summed E-state index contributed by atoms with van der Waals surface area (Å²) in [5.74, 6) is -2.51. The third-order valence-electron chi connectivity index (χ3n) is 6.35. The Balaban J connectivity index is 1.68. The van der Waals surface area contributed by atoms with E-state index >= 15 is 0 Å². The summed E-state index contributed by atoms with van der Waals surface area (Å²) in [6.07, 6.45) is -1.42. The van der Waals surface area contributed by atoms with Crippen LogP contribution in [0.2, 0.25) is 5.02 Å². The fraction of sp³-hybridized carbons (Fsp3) is 0.185. The number of carbonyl (C=O) groups excluding carboxylic acids is 1. The van der Waals surface area contributed by atoms with E-state index in [9.17, 15) is 18.8 Å². The van der Waals surface area contributed by atoms with Crippen LogP contribution in [0.15, 0.2) is 76.8 Å². The second-order valence-electron chi connectivity index (χ2n) is 8.89. The molecule has 2 aromatic carbocycles. The maximum atomic E-state index is 14.7. The lowest BCUT2D eigenvalue weighted by molar-refractivity contribution is -0.146. The number of nitrogens with zero attached hydrogens (tertiary/aromatic N) is 3. The molecule has 0 spiro atoms. The molecule has 1 amide bonds. The quantitative estimate of drug-likeness (QED) is 0.382. The number of fused-ring (bicyclic) bond motifs is 1. The van der Waals surface area contributed by atoms with Gasteiger partial charge >= 0.3 is 5.97 Å². The summed E-state index contributed by atoms with van der Waals surface area (Å²) in [4.78, 5) is 37.5. The van der Waals surface area contributed by atoms with Crippen LogP contribution in [0.4, 0.5) is 4.39 Å². The Morgan fingerprint density at radius 2 is 1.84 bits per heavy atom. The minimum Gasteiger partial charge on any atom is -0.481 e. The number of amides is 1. The maximum absolute atomic E-state index is 14.7. The molecule has 0 radical (unpaired) electrons. The van der Waals surface area contributed by atoms with Gasteiger partial charge in [-0.05, 0) is 42.3 Å². The van der Waals surface area contributed by atoms with Gasteiger partial charge in [-0.25, -0.2) is 9.40 Å². The summed E-state index contributed by atoms with van der Waals surface area (Å²) < 4.78 is 16.3. The highest BCUT2D eigenvalue weighted by atomic mass is 35.5. The molecule has 0 bridgehead atoms. The van der Waals surface area contributed by atoms with E-state index in [0.717, 1.165) is 10.6 Å². The van der Waals surface area contributed by atoms with Crippen LogP contribution in [0.5, 0.6) is 0 Å². The lowest BCUT2D eigenvalue weighted by Gasteiger charge is -2.23. The summed E-state index contributed by atoms with van der Waals surface area (Å²) in [5.41, 5.74) is 3.78. The van der Waals surface area contributed by atoms with Gasteiger partial charge in [0.2, 0.25) is 0 Å². The van der Waals surface area contributed by atoms with E-state index in [1.807, 2.05) is 37.3 Å². The lowest BCUT2D eigenvalue weighted by Crippen LogP contribution is -2.35. The number of halogens is 2. The molecule has 37 heavy (non-hydrogen) atoms. The number of aryl methyl sites for hydroxylation is 1. The number of benzene rings is 2. The van der Waals surface area contributed by atoms with Crippen molar-refractivity contribution in [3.63, 3.8) is 0 Å². The molecule has 2 aromatic heterocycles. The first kappa shape index (κ1) is 24.5. The van der Waals surface area contributed by atoms with Crippen molar-refractivity contribution >= 4 is 34.7 Å². The lowest BCUT2D eigenvalue weighted by atomic mass is 9.93. The number of nitrogens with one attached hydrogen (secondary N) is 1. The number of hydrogen-bond acceptors (Lipinski definition) is 4. The van der Waals surface area contributed by atoms with E-state index in [4.69, 9.17) is 16.7 Å². The van der Waals surface area contributed by atoms with Gasteiger partial charge in [0, 0.05) is 23.2 Å². The van der Waals surface area contributed by atoms with Crippen molar-refractivity contribution in [2.24, 2.45) is 5.10 Å². The van der Waals surface area contributed by atoms with Crippen LogP contribution in [0, 0.1) is 6.92 Å². The summed E-state index contributed by atoms with van der Waals surface area (Å²) in [6.45, 7) is 1.92. The Bertz CT molecular complexity index is 1590. The van der Waals surface area contributed by atoms with E-state index in [0.29, 0.717) is 27.2 Å². The predicted octanol–water partition coefficient (Wildman–Crippen LogP) is 4.75. The van der Waals surface area contributed by atoms with Crippen molar-refractivity contribution in [3.05, 3.63) is 98.9 Å². The van der Waals surface area contributed by atoms with Crippen LogP contribution in [0.25, 0.3) is 16.6 Å². The number of carboxylic acid groups (broad SMARTS) is 1. The fourth-order valence-corrected chi connectivity index (χ4v) is 4.70. The topological polar surface area (TPSA) is 107 Å².